The molecule has 1 saturated heterocycles. The van der Waals surface area contributed by atoms with E-state index >= 15 is 0 Å². The van der Waals surface area contributed by atoms with Gasteiger partial charge in [0.05, 0.1) is 23.0 Å². The Morgan fingerprint density at radius 2 is 1.76 bits per heavy atom. The quantitative estimate of drug-likeness (QED) is 0.360. The summed E-state index contributed by atoms with van der Waals surface area (Å²) in [6.45, 7) is 4.89. The second-order valence-corrected chi connectivity index (χ2v) is 10.6. The normalized spacial score (nSPS) is 15.3. The fourth-order valence-electron chi connectivity index (χ4n) is 3.61. The van der Waals surface area contributed by atoms with Gasteiger partial charge in [-0.3, -0.25) is 19.8 Å². The van der Waals surface area contributed by atoms with Gasteiger partial charge in [0.15, 0.2) is 14.6 Å². The van der Waals surface area contributed by atoms with Gasteiger partial charge in [0.1, 0.15) is 5.69 Å². The van der Waals surface area contributed by atoms with E-state index in [0.29, 0.717) is 23.7 Å². The molecule has 0 radical (unpaired) electrons. The predicted octanol–water partition coefficient (Wildman–Crippen LogP) is 2.17. The summed E-state index contributed by atoms with van der Waals surface area (Å²) in [6, 6.07) is 5.90. The van der Waals surface area contributed by atoms with E-state index in [2.05, 4.69) is 29.1 Å². The average molecular weight is 513 g/mol. The summed E-state index contributed by atoms with van der Waals surface area (Å²) in [7, 11) is -4.11. The van der Waals surface area contributed by atoms with Crippen LogP contribution in [-0.4, -0.2) is 59.9 Å². The minimum Gasteiger partial charge on any atom is -0.381 e. The number of amides is 2. The summed E-state index contributed by atoms with van der Waals surface area (Å²) >= 11 is 0. The van der Waals surface area contributed by atoms with Gasteiger partial charge in [-0.2, -0.15) is 0 Å². The number of halogens is 1. The average Bonchev–Trinajstić information content (AvgIpc) is 2.83. The molecule has 1 aliphatic rings. The number of hydroxylamine groups is 1. The van der Waals surface area contributed by atoms with E-state index in [0.717, 1.165) is 6.42 Å². The second-order valence-electron chi connectivity index (χ2n) is 8.30. The van der Waals surface area contributed by atoms with E-state index in [-0.39, 0.29) is 55.0 Å². The van der Waals surface area contributed by atoms with Gasteiger partial charge in [0, 0.05) is 25.3 Å². The lowest BCUT2D eigenvalue weighted by Crippen LogP contribution is -2.54. The Morgan fingerprint density at radius 1 is 1.12 bits per heavy atom. The number of sulfone groups is 1. The number of rotatable bonds is 8. The van der Waals surface area contributed by atoms with Crippen LogP contribution in [0.3, 0.4) is 0 Å². The van der Waals surface area contributed by atoms with Crippen molar-refractivity contribution in [3.63, 3.8) is 0 Å². The number of benzene rings is 1. The smallest absolute Gasteiger partial charge is 0.271 e. The van der Waals surface area contributed by atoms with Crippen molar-refractivity contribution in [3.8, 4) is 11.3 Å². The molecule has 0 aliphatic carbocycles. The van der Waals surface area contributed by atoms with Gasteiger partial charge < -0.3 is 10.1 Å². The number of ether oxygens (including phenoxy) is 1. The van der Waals surface area contributed by atoms with Crippen molar-refractivity contribution in [2.24, 2.45) is 5.92 Å². The van der Waals surface area contributed by atoms with Gasteiger partial charge in [-0.15, -0.1) is 12.4 Å². The minimum absolute atomic E-state index is 0. The molecule has 0 saturated carbocycles. The van der Waals surface area contributed by atoms with Crippen molar-refractivity contribution in [2.45, 2.75) is 42.8 Å². The van der Waals surface area contributed by atoms with E-state index in [1.54, 1.807) is 12.1 Å². The maximum absolute atomic E-state index is 13.3. The zero-order valence-corrected chi connectivity index (χ0v) is 20.6. The van der Waals surface area contributed by atoms with Crippen molar-refractivity contribution in [2.75, 3.05) is 19.8 Å². The van der Waals surface area contributed by atoms with Gasteiger partial charge in [-0.25, -0.2) is 18.9 Å². The molecule has 2 aromatic rings. The van der Waals surface area contributed by atoms with Crippen LogP contribution in [0.1, 0.15) is 43.6 Å². The Morgan fingerprint density at radius 3 is 2.29 bits per heavy atom. The third-order valence-corrected chi connectivity index (χ3v) is 8.20. The fourth-order valence-corrected chi connectivity index (χ4v) is 5.55. The lowest BCUT2D eigenvalue weighted by molar-refractivity contribution is -0.134. The van der Waals surface area contributed by atoms with Crippen LogP contribution in [0.25, 0.3) is 11.3 Å². The van der Waals surface area contributed by atoms with Crippen LogP contribution in [0.2, 0.25) is 0 Å². The minimum atomic E-state index is -4.11. The van der Waals surface area contributed by atoms with Crippen LogP contribution in [0, 0.1) is 5.92 Å². The first kappa shape index (κ1) is 27.6. The summed E-state index contributed by atoms with van der Waals surface area (Å²) < 4.78 is 30.0. The van der Waals surface area contributed by atoms with Crippen LogP contribution in [0.5, 0.6) is 0 Å². The number of nitrogens with one attached hydrogen (secondary N) is 2. The van der Waals surface area contributed by atoms with Crippen molar-refractivity contribution >= 4 is 34.1 Å². The molecule has 186 valence electrons. The van der Waals surface area contributed by atoms with Crippen LogP contribution in [-0.2, 0) is 19.4 Å². The standard InChI is InChI=1S/C22H28N4O6S.ClH/c1-15(2)7-10-23-20(27)19-14-24-18(13-25-19)16-3-5-17(6-4-16)33(30,31)22(21(28)26-29)8-11-32-12-9-22;/h3-6,13-15,29H,7-12H2,1-2H3,(H,23,27)(H,26,28);1H. The van der Waals surface area contributed by atoms with E-state index in [1.165, 1.54) is 30.0 Å². The van der Waals surface area contributed by atoms with E-state index in [9.17, 15) is 18.0 Å². The second kappa shape index (κ2) is 11.7. The highest BCUT2D eigenvalue weighted by Gasteiger charge is 2.52. The molecule has 3 rings (SSSR count). The van der Waals surface area contributed by atoms with Crippen molar-refractivity contribution in [1.29, 1.82) is 0 Å². The number of hydrogen-bond acceptors (Lipinski definition) is 8. The number of hydrogen-bond donors (Lipinski definition) is 3. The highest BCUT2D eigenvalue weighted by Crippen LogP contribution is 2.35. The molecule has 1 fully saturated rings. The van der Waals surface area contributed by atoms with E-state index in [4.69, 9.17) is 9.94 Å². The summed E-state index contributed by atoms with van der Waals surface area (Å²) in [5.74, 6) is -0.798. The molecule has 12 heteroatoms. The summed E-state index contributed by atoms with van der Waals surface area (Å²) in [5.41, 5.74) is 2.75. The molecule has 34 heavy (non-hydrogen) atoms. The predicted molar refractivity (Wildman–Crippen MR) is 126 cm³/mol. The summed E-state index contributed by atoms with van der Waals surface area (Å²) in [4.78, 5) is 32.9. The molecule has 2 amide bonds. The first-order chi connectivity index (χ1) is 15.7. The Hall–Kier alpha value is -2.60. The SMILES string of the molecule is CC(C)CCNC(=O)c1cnc(-c2ccc(S(=O)(=O)C3(C(=O)NO)CCOCC3)cc2)cn1.Cl. The number of aromatic nitrogens is 2. The maximum atomic E-state index is 13.3. The lowest BCUT2D eigenvalue weighted by atomic mass is 9.98. The zero-order chi connectivity index (χ0) is 24.1. The molecular weight excluding hydrogens is 484 g/mol. The fraction of sp³-hybridized carbons (Fsp3) is 0.455. The molecule has 10 nitrogen and oxygen atoms in total. The molecule has 0 spiro atoms. The molecule has 1 aromatic heterocycles. The Labute approximate surface area is 204 Å². The monoisotopic (exact) mass is 512 g/mol. The highest BCUT2D eigenvalue weighted by molar-refractivity contribution is 7.93. The topological polar surface area (TPSA) is 148 Å². The molecular formula is C22H29ClN4O6S. The molecule has 0 atom stereocenters. The van der Waals surface area contributed by atoms with Crippen LogP contribution in [0.15, 0.2) is 41.6 Å². The lowest BCUT2D eigenvalue weighted by Gasteiger charge is -2.34. The summed E-state index contributed by atoms with van der Waals surface area (Å²) in [5, 5.41) is 11.9. The Balaban J connectivity index is 0.00000408. The third kappa shape index (κ3) is 5.72. The highest BCUT2D eigenvalue weighted by atomic mass is 35.5. The third-order valence-electron chi connectivity index (χ3n) is 5.68. The molecule has 1 aliphatic heterocycles. The molecule has 0 unspecified atom stereocenters. The van der Waals surface area contributed by atoms with Gasteiger partial charge in [-0.1, -0.05) is 26.0 Å². The molecule has 2 heterocycles. The van der Waals surface area contributed by atoms with Gasteiger partial charge in [0.25, 0.3) is 11.8 Å². The largest absolute Gasteiger partial charge is 0.381 e. The van der Waals surface area contributed by atoms with Crippen LogP contribution < -0.4 is 10.8 Å². The van der Waals surface area contributed by atoms with Gasteiger partial charge in [0.2, 0.25) is 0 Å². The van der Waals surface area contributed by atoms with Crippen LogP contribution >= 0.6 is 12.4 Å². The molecule has 1 aromatic carbocycles. The number of nitrogens with zero attached hydrogens (tertiary/aromatic N) is 2. The first-order valence-corrected chi connectivity index (χ1v) is 12.2. The van der Waals surface area contributed by atoms with Crippen LogP contribution in [0.4, 0.5) is 0 Å². The van der Waals surface area contributed by atoms with E-state index < -0.39 is 20.5 Å². The number of carbonyl (C=O) groups is 2. The Kier molecular flexibility index (Phi) is 9.51. The zero-order valence-electron chi connectivity index (χ0n) is 19.0. The maximum Gasteiger partial charge on any atom is 0.271 e. The van der Waals surface area contributed by atoms with Gasteiger partial charge in [-0.05, 0) is 37.3 Å². The van der Waals surface area contributed by atoms with Crippen molar-refractivity contribution in [1.82, 2.24) is 20.8 Å². The number of carbonyl (C=O) groups excluding carboxylic acids is 2. The summed E-state index contributed by atoms with van der Waals surface area (Å²) in [6.07, 6.45) is 3.55. The van der Waals surface area contributed by atoms with Crippen molar-refractivity contribution in [3.05, 3.63) is 42.4 Å². The van der Waals surface area contributed by atoms with Gasteiger partial charge >= 0.3 is 0 Å². The first-order valence-electron chi connectivity index (χ1n) is 10.7. The van der Waals surface area contributed by atoms with Crippen molar-refractivity contribution < 1.29 is 28.0 Å². The van der Waals surface area contributed by atoms with E-state index in [1.807, 2.05) is 0 Å². The molecule has 3 N–H and O–H groups in total. The molecule has 0 bridgehead atoms. The Bertz CT molecular complexity index is 1090.